The van der Waals surface area contributed by atoms with E-state index in [2.05, 4.69) is 10.1 Å². The van der Waals surface area contributed by atoms with Crippen LogP contribution in [0.3, 0.4) is 0 Å². The fourth-order valence-corrected chi connectivity index (χ4v) is 4.59. The van der Waals surface area contributed by atoms with Gasteiger partial charge < -0.3 is 19.3 Å². The van der Waals surface area contributed by atoms with Crippen LogP contribution in [0.5, 0.6) is 5.75 Å². The average Bonchev–Trinajstić information content (AvgIpc) is 3.42. The molecule has 0 spiro atoms. The lowest BCUT2D eigenvalue weighted by Gasteiger charge is -2.23. The molecule has 2 atom stereocenters. The minimum Gasteiger partial charge on any atom is -0.497 e. The van der Waals surface area contributed by atoms with Gasteiger partial charge in [-0.15, -0.1) is 0 Å². The molecule has 1 aromatic heterocycles. The summed E-state index contributed by atoms with van der Waals surface area (Å²) in [6, 6.07) is 7.39. The van der Waals surface area contributed by atoms with E-state index >= 15 is 0 Å². The molecule has 1 saturated heterocycles. The van der Waals surface area contributed by atoms with Crippen LogP contribution >= 0.6 is 0 Å². The molecule has 4 rings (SSSR count). The Bertz CT molecular complexity index is 894. The molecule has 2 heterocycles. The Kier molecular flexibility index (Phi) is 5.25. The highest BCUT2D eigenvalue weighted by molar-refractivity contribution is 5.81. The first-order valence-corrected chi connectivity index (χ1v) is 10.00. The van der Waals surface area contributed by atoms with E-state index in [4.69, 9.17) is 9.26 Å². The smallest absolute Gasteiger partial charge is 0.311 e. The van der Waals surface area contributed by atoms with E-state index in [9.17, 15) is 14.7 Å². The number of aryl methyl sites for hydroxylation is 1. The number of carbonyl (C=O) groups excluding carboxylic acids is 1. The summed E-state index contributed by atoms with van der Waals surface area (Å²) in [5.74, 6) is 1.09. The zero-order valence-corrected chi connectivity index (χ0v) is 16.5. The molecule has 1 aliphatic heterocycles. The SMILES string of the molecule is COc1ccc(-c2noc(CCCC(=O)N3C[C@@H]4CCC[C@@]4(C(=O)O)C3)n2)cc1. The Hall–Kier alpha value is -2.90. The Morgan fingerprint density at radius 2 is 2.14 bits per heavy atom. The third kappa shape index (κ3) is 3.71. The third-order valence-corrected chi connectivity index (χ3v) is 6.25. The van der Waals surface area contributed by atoms with Crippen LogP contribution in [-0.2, 0) is 16.0 Å². The van der Waals surface area contributed by atoms with Crippen molar-refractivity contribution < 1.29 is 24.0 Å². The number of amides is 1. The number of carboxylic acids is 1. The zero-order chi connectivity index (χ0) is 20.4. The summed E-state index contributed by atoms with van der Waals surface area (Å²) in [6.07, 6.45) is 3.95. The van der Waals surface area contributed by atoms with E-state index in [0.717, 1.165) is 24.2 Å². The summed E-state index contributed by atoms with van der Waals surface area (Å²) in [7, 11) is 1.61. The van der Waals surface area contributed by atoms with Crippen molar-refractivity contribution in [1.29, 1.82) is 0 Å². The molecule has 0 radical (unpaired) electrons. The molecule has 2 aromatic rings. The van der Waals surface area contributed by atoms with Crippen LogP contribution in [0.2, 0.25) is 0 Å². The normalized spacial score (nSPS) is 23.2. The molecule has 154 valence electrons. The number of hydrogen-bond acceptors (Lipinski definition) is 6. The van der Waals surface area contributed by atoms with Gasteiger partial charge in [0.25, 0.3) is 0 Å². The molecule has 1 amide bonds. The lowest BCUT2D eigenvalue weighted by molar-refractivity contribution is -0.149. The minimum absolute atomic E-state index is 0.00918. The summed E-state index contributed by atoms with van der Waals surface area (Å²) in [6.45, 7) is 0.904. The third-order valence-electron chi connectivity index (χ3n) is 6.25. The number of aliphatic carboxylic acids is 1. The second-order valence-electron chi connectivity index (χ2n) is 7.92. The van der Waals surface area contributed by atoms with Gasteiger partial charge in [-0.2, -0.15) is 4.98 Å². The zero-order valence-electron chi connectivity index (χ0n) is 16.5. The molecule has 8 nitrogen and oxygen atoms in total. The van der Waals surface area contributed by atoms with Gasteiger partial charge in [0.05, 0.1) is 12.5 Å². The van der Waals surface area contributed by atoms with Crippen molar-refractivity contribution in [1.82, 2.24) is 15.0 Å². The number of benzene rings is 1. The summed E-state index contributed by atoms with van der Waals surface area (Å²) in [5.41, 5.74) is 0.106. The number of likely N-dealkylation sites (tertiary alicyclic amines) is 1. The van der Waals surface area contributed by atoms with Crippen molar-refractivity contribution in [2.75, 3.05) is 20.2 Å². The highest BCUT2D eigenvalue weighted by Gasteiger charge is 2.55. The number of aromatic nitrogens is 2. The topological polar surface area (TPSA) is 106 Å². The Balaban J connectivity index is 1.29. The number of ether oxygens (including phenoxy) is 1. The molecular formula is C21H25N3O5. The molecule has 29 heavy (non-hydrogen) atoms. The van der Waals surface area contributed by atoms with E-state index in [1.807, 2.05) is 24.3 Å². The number of fused-ring (bicyclic) bond motifs is 1. The maximum atomic E-state index is 12.6. The number of nitrogens with zero attached hydrogens (tertiary/aromatic N) is 3. The number of hydrogen-bond donors (Lipinski definition) is 1. The predicted octanol–water partition coefficient (Wildman–Crippen LogP) is 2.78. The molecular weight excluding hydrogens is 374 g/mol. The monoisotopic (exact) mass is 399 g/mol. The maximum absolute atomic E-state index is 12.6. The van der Waals surface area contributed by atoms with Gasteiger partial charge in [0, 0.05) is 31.5 Å². The van der Waals surface area contributed by atoms with Crippen LogP contribution in [0.4, 0.5) is 0 Å². The minimum atomic E-state index is -0.757. The van der Waals surface area contributed by atoms with Crippen molar-refractivity contribution in [3.8, 4) is 17.1 Å². The lowest BCUT2D eigenvalue weighted by atomic mass is 9.81. The Labute approximate surface area is 168 Å². The van der Waals surface area contributed by atoms with E-state index in [-0.39, 0.29) is 11.8 Å². The highest BCUT2D eigenvalue weighted by Crippen LogP contribution is 2.49. The van der Waals surface area contributed by atoms with Crippen LogP contribution in [-0.4, -0.2) is 52.2 Å². The van der Waals surface area contributed by atoms with Crippen LogP contribution in [0.1, 0.15) is 38.0 Å². The van der Waals surface area contributed by atoms with Crippen LogP contribution in [0.25, 0.3) is 11.4 Å². The van der Waals surface area contributed by atoms with Crippen molar-refractivity contribution in [3.05, 3.63) is 30.2 Å². The number of methoxy groups -OCH3 is 1. The molecule has 2 fully saturated rings. The second-order valence-corrected chi connectivity index (χ2v) is 7.92. The fourth-order valence-electron chi connectivity index (χ4n) is 4.59. The molecule has 0 bridgehead atoms. The highest BCUT2D eigenvalue weighted by atomic mass is 16.5. The summed E-state index contributed by atoms with van der Waals surface area (Å²) in [4.78, 5) is 30.4. The molecule has 8 heteroatoms. The van der Waals surface area contributed by atoms with Crippen LogP contribution in [0, 0.1) is 11.3 Å². The van der Waals surface area contributed by atoms with Gasteiger partial charge in [-0.05, 0) is 49.4 Å². The van der Waals surface area contributed by atoms with Gasteiger partial charge in [-0.3, -0.25) is 9.59 Å². The number of carboxylic acid groups (broad SMARTS) is 1. The average molecular weight is 399 g/mol. The van der Waals surface area contributed by atoms with Crippen molar-refractivity contribution in [2.45, 2.75) is 38.5 Å². The summed E-state index contributed by atoms with van der Waals surface area (Å²) < 4.78 is 10.4. The number of rotatable bonds is 7. The quantitative estimate of drug-likeness (QED) is 0.763. The van der Waals surface area contributed by atoms with Crippen molar-refractivity contribution >= 4 is 11.9 Å². The van der Waals surface area contributed by atoms with E-state index in [1.165, 1.54) is 0 Å². The van der Waals surface area contributed by atoms with Crippen LogP contribution in [0.15, 0.2) is 28.8 Å². The maximum Gasteiger partial charge on any atom is 0.311 e. The second kappa shape index (κ2) is 7.85. The first-order chi connectivity index (χ1) is 14.0. The summed E-state index contributed by atoms with van der Waals surface area (Å²) in [5, 5.41) is 13.6. The van der Waals surface area contributed by atoms with Gasteiger partial charge in [0.15, 0.2) is 0 Å². The van der Waals surface area contributed by atoms with Gasteiger partial charge in [-0.1, -0.05) is 11.6 Å². The Morgan fingerprint density at radius 1 is 1.34 bits per heavy atom. The lowest BCUT2D eigenvalue weighted by Crippen LogP contribution is -2.37. The van der Waals surface area contributed by atoms with Crippen LogP contribution < -0.4 is 4.74 Å². The first-order valence-electron chi connectivity index (χ1n) is 10.00. The van der Waals surface area contributed by atoms with E-state index in [0.29, 0.717) is 50.5 Å². The van der Waals surface area contributed by atoms with Gasteiger partial charge in [-0.25, -0.2) is 0 Å². The first kappa shape index (κ1) is 19.4. The van der Waals surface area contributed by atoms with E-state index in [1.54, 1.807) is 12.0 Å². The van der Waals surface area contributed by atoms with Gasteiger partial charge in [0.2, 0.25) is 17.6 Å². The van der Waals surface area contributed by atoms with Gasteiger partial charge >= 0.3 is 5.97 Å². The van der Waals surface area contributed by atoms with Crippen molar-refractivity contribution in [2.24, 2.45) is 11.3 Å². The van der Waals surface area contributed by atoms with E-state index < -0.39 is 11.4 Å². The fraction of sp³-hybridized carbons (Fsp3) is 0.524. The van der Waals surface area contributed by atoms with Crippen molar-refractivity contribution in [3.63, 3.8) is 0 Å². The largest absolute Gasteiger partial charge is 0.497 e. The molecule has 0 unspecified atom stereocenters. The van der Waals surface area contributed by atoms with Gasteiger partial charge in [0.1, 0.15) is 5.75 Å². The molecule has 1 saturated carbocycles. The molecule has 1 aromatic carbocycles. The molecule has 1 aliphatic carbocycles. The molecule has 2 aliphatic rings. The Morgan fingerprint density at radius 3 is 2.83 bits per heavy atom. The summed E-state index contributed by atoms with van der Waals surface area (Å²) >= 11 is 0. The standard InChI is InChI=1S/C21H25N3O5/c1-28-16-9-7-14(8-10-16)19-22-17(29-23-19)5-2-6-18(25)24-12-15-4-3-11-21(15,13-24)20(26)27/h7-10,15H,2-6,11-13H2,1H3,(H,26,27)/t15-,21+/m0/s1. The molecule has 1 N–H and O–H groups in total. The predicted molar refractivity (Wildman–Crippen MR) is 103 cm³/mol. The number of carbonyl (C=O) groups is 2.